The smallest absolute Gasteiger partial charge is 0.214 e. The van der Waals surface area contributed by atoms with Crippen LogP contribution in [0.3, 0.4) is 0 Å². The third-order valence-electron chi connectivity index (χ3n) is 4.66. The van der Waals surface area contributed by atoms with Gasteiger partial charge in [-0.1, -0.05) is 30.3 Å². The van der Waals surface area contributed by atoms with Crippen molar-refractivity contribution < 1.29 is 22.6 Å². The van der Waals surface area contributed by atoms with Gasteiger partial charge in [0.15, 0.2) is 0 Å². The molecule has 0 aliphatic heterocycles. The minimum absolute atomic E-state index is 0.0240. The first-order chi connectivity index (χ1) is 13.9. The van der Waals surface area contributed by atoms with E-state index in [1.54, 1.807) is 27.4 Å². The molecule has 7 heteroatoms. The van der Waals surface area contributed by atoms with E-state index >= 15 is 0 Å². The molecule has 29 heavy (non-hydrogen) atoms. The Balaban J connectivity index is 2.23. The van der Waals surface area contributed by atoms with Gasteiger partial charge in [0.05, 0.1) is 26.1 Å². The topological polar surface area (TPSA) is 65.1 Å². The molecular weight excluding hydrogens is 390 g/mol. The van der Waals surface area contributed by atoms with Crippen molar-refractivity contribution in [3.05, 3.63) is 72.3 Å². The summed E-state index contributed by atoms with van der Waals surface area (Å²) in [6.45, 7) is 4.22. The van der Waals surface area contributed by atoms with E-state index in [1.165, 1.54) is 4.31 Å². The zero-order valence-corrected chi connectivity index (χ0v) is 18.0. The van der Waals surface area contributed by atoms with Crippen molar-refractivity contribution in [1.29, 1.82) is 0 Å². The summed E-state index contributed by atoms with van der Waals surface area (Å²) >= 11 is 0. The molecule has 0 heterocycles. The Morgan fingerprint density at radius 2 is 1.34 bits per heavy atom. The highest BCUT2D eigenvalue weighted by molar-refractivity contribution is 7.89. The molecule has 1 unspecified atom stereocenters. The van der Waals surface area contributed by atoms with Crippen molar-refractivity contribution in [1.82, 2.24) is 4.31 Å². The second-order valence-electron chi connectivity index (χ2n) is 6.58. The highest BCUT2D eigenvalue weighted by Crippen LogP contribution is 2.20. The fourth-order valence-electron chi connectivity index (χ4n) is 2.85. The van der Waals surface area contributed by atoms with Crippen LogP contribution in [0.4, 0.5) is 0 Å². The van der Waals surface area contributed by atoms with E-state index in [2.05, 4.69) is 6.58 Å². The van der Waals surface area contributed by atoms with Crippen LogP contribution in [-0.4, -0.2) is 45.9 Å². The van der Waals surface area contributed by atoms with Crippen LogP contribution in [0.2, 0.25) is 0 Å². The molecule has 0 bridgehead atoms. The molecule has 0 aromatic heterocycles. The molecule has 158 valence electrons. The summed E-state index contributed by atoms with van der Waals surface area (Å²) in [7, 11) is 1.22. The highest BCUT2D eigenvalue weighted by Gasteiger charge is 2.24. The Morgan fingerprint density at radius 1 is 0.897 bits per heavy atom. The first-order valence-electron chi connectivity index (χ1n) is 9.31. The summed E-state index contributed by atoms with van der Waals surface area (Å²) < 4.78 is 43.3. The summed E-state index contributed by atoms with van der Waals surface area (Å²) in [5.74, 6) is 1.43. The first-order valence-corrected chi connectivity index (χ1v) is 10.9. The van der Waals surface area contributed by atoms with Crippen molar-refractivity contribution in [3.63, 3.8) is 0 Å². The molecule has 0 saturated carbocycles. The Labute approximate surface area is 173 Å². The third kappa shape index (κ3) is 6.88. The van der Waals surface area contributed by atoms with Gasteiger partial charge in [-0.25, -0.2) is 8.42 Å². The largest absolute Gasteiger partial charge is 0.497 e. The summed E-state index contributed by atoms with van der Waals surface area (Å²) in [4.78, 5) is 0. The van der Waals surface area contributed by atoms with Crippen molar-refractivity contribution >= 4 is 10.0 Å². The molecule has 0 radical (unpaired) electrons. The average Bonchev–Trinajstić information content (AvgIpc) is 2.75. The van der Waals surface area contributed by atoms with E-state index in [1.807, 2.05) is 48.5 Å². The van der Waals surface area contributed by atoms with E-state index in [0.717, 1.165) is 22.6 Å². The summed E-state index contributed by atoms with van der Waals surface area (Å²) in [5, 5.41) is 0. The molecular formula is C22H29NO5S. The molecule has 2 rings (SSSR count). The predicted octanol–water partition coefficient (Wildman–Crippen LogP) is 3.63. The molecule has 6 nitrogen and oxygen atoms in total. The molecule has 0 spiro atoms. The Morgan fingerprint density at radius 3 is 1.69 bits per heavy atom. The summed E-state index contributed by atoms with van der Waals surface area (Å²) in [6.07, 6.45) is 1.67. The van der Waals surface area contributed by atoms with Crippen molar-refractivity contribution in [2.75, 3.05) is 27.1 Å². The minimum Gasteiger partial charge on any atom is -0.497 e. The zero-order chi connectivity index (χ0) is 21.3. The van der Waals surface area contributed by atoms with Crippen LogP contribution in [0.25, 0.3) is 0 Å². The number of hydrogen-bond acceptors (Lipinski definition) is 5. The van der Waals surface area contributed by atoms with Crippen molar-refractivity contribution in [3.8, 4) is 11.5 Å². The highest BCUT2D eigenvalue weighted by atomic mass is 32.2. The summed E-state index contributed by atoms with van der Waals surface area (Å²) in [5.41, 5.74) is 1.77. The maximum atomic E-state index is 13.1. The minimum atomic E-state index is -3.52. The maximum absolute atomic E-state index is 13.1. The number of rotatable bonds is 12. The van der Waals surface area contributed by atoms with Gasteiger partial charge in [-0.2, -0.15) is 4.31 Å². The van der Waals surface area contributed by atoms with Crippen LogP contribution in [0, 0.1) is 0 Å². The van der Waals surface area contributed by atoms with E-state index in [9.17, 15) is 8.42 Å². The molecule has 0 fully saturated rings. The van der Waals surface area contributed by atoms with Crippen LogP contribution in [0.15, 0.2) is 61.2 Å². The van der Waals surface area contributed by atoms with Gasteiger partial charge >= 0.3 is 0 Å². The lowest BCUT2D eigenvalue weighted by molar-refractivity contribution is 0.138. The number of nitrogens with zero attached hydrogens (tertiary/aromatic N) is 1. The average molecular weight is 420 g/mol. The van der Waals surface area contributed by atoms with Gasteiger partial charge in [0.25, 0.3) is 0 Å². The van der Waals surface area contributed by atoms with Crippen LogP contribution >= 0.6 is 0 Å². The number of methoxy groups -OCH3 is 3. The molecule has 0 saturated heterocycles. The molecule has 0 aliphatic carbocycles. The molecule has 0 aliphatic rings. The third-order valence-corrected chi connectivity index (χ3v) is 6.45. The Kier molecular flexibility index (Phi) is 8.70. The van der Waals surface area contributed by atoms with Crippen LogP contribution in [-0.2, 0) is 27.8 Å². The molecule has 2 aromatic rings. The Hall–Kier alpha value is -2.35. The number of benzene rings is 2. The molecule has 1 atom stereocenters. The first kappa shape index (κ1) is 22.9. The van der Waals surface area contributed by atoms with Crippen molar-refractivity contribution in [2.24, 2.45) is 0 Å². The van der Waals surface area contributed by atoms with Crippen LogP contribution in [0.1, 0.15) is 17.5 Å². The van der Waals surface area contributed by atoms with Gasteiger partial charge in [-0.05, 0) is 41.8 Å². The van der Waals surface area contributed by atoms with E-state index in [-0.39, 0.29) is 24.9 Å². The maximum Gasteiger partial charge on any atom is 0.214 e. The fourth-order valence-corrected chi connectivity index (χ4v) is 4.33. The van der Waals surface area contributed by atoms with Gasteiger partial charge in [0, 0.05) is 20.2 Å². The van der Waals surface area contributed by atoms with Crippen LogP contribution < -0.4 is 9.47 Å². The molecule has 0 amide bonds. The lowest BCUT2D eigenvalue weighted by Crippen LogP contribution is -2.33. The second kappa shape index (κ2) is 11.0. The fraction of sp³-hybridized carbons (Fsp3) is 0.364. The van der Waals surface area contributed by atoms with E-state index in [0.29, 0.717) is 6.42 Å². The Bertz CT molecular complexity index is 814. The standard InChI is InChI=1S/C22H29NO5S/c1-5-20(26-2)14-15-29(24,25)23(16-18-6-10-21(27-3)11-7-18)17-19-8-12-22(28-4)13-9-19/h5-13,20H,1,14-17H2,2-4H3. The zero-order valence-electron chi connectivity index (χ0n) is 17.2. The molecule has 0 N–H and O–H groups in total. The van der Waals surface area contributed by atoms with Gasteiger partial charge in [-0.3, -0.25) is 0 Å². The predicted molar refractivity (Wildman–Crippen MR) is 115 cm³/mol. The lowest BCUT2D eigenvalue weighted by atomic mass is 10.2. The number of hydrogen-bond donors (Lipinski definition) is 0. The van der Waals surface area contributed by atoms with Gasteiger partial charge < -0.3 is 14.2 Å². The van der Waals surface area contributed by atoms with Crippen molar-refractivity contribution in [2.45, 2.75) is 25.6 Å². The SMILES string of the molecule is C=CC(CCS(=O)(=O)N(Cc1ccc(OC)cc1)Cc1ccc(OC)cc1)OC. The van der Waals surface area contributed by atoms with Gasteiger partial charge in [0.1, 0.15) is 11.5 Å². The lowest BCUT2D eigenvalue weighted by Gasteiger charge is -2.23. The number of sulfonamides is 1. The van der Waals surface area contributed by atoms with E-state index in [4.69, 9.17) is 14.2 Å². The number of ether oxygens (including phenoxy) is 3. The van der Waals surface area contributed by atoms with E-state index < -0.39 is 10.0 Å². The second-order valence-corrected chi connectivity index (χ2v) is 8.67. The van der Waals surface area contributed by atoms with Crippen LogP contribution in [0.5, 0.6) is 11.5 Å². The normalized spacial score (nSPS) is 12.6. The molecule has 2 aromatic carbocycles. The summed E-state index contributed by atoms with van der Waals surface area (Å²) in [6, 6.07) is 14.8. The quantitative estimate of drug-likeness (QED) is 0.492. The van der Waals surface area contributed by atoms with Gasteiger partial charge in [-0.15, -0.1) is 6.58 Å². The monoisotopic (exact) mass is 419 g/mol. The van der Waals surface area contributed by atoms with Gasteiger partial charge in [0.2, 0.25) is 10.0 Å².